The van der Waals surface area contributed by atoms with Crippen molar-refractivity contribution in [1.29, 1.82) is 0 Å². The van der Waals surface area contributed by atoms with Gasteiger partial charge < -0.3 is 10.4 Å². The molecule has 0 aliphatic rings. The van der Waals surface area contributed by atoms with E-state index in [2.05, 4.69) is 5.32 Å². The number of nitro benzene ring substituents is 1. The highest BCUT2D eigenvalue weighted by molar-refractivity contribution is 6.34. The maximum absolute atomic E-state index is 12.1. The van der Waals surface area contributed by atoms with E-state index >= 15 is 0 Å². The molecule has 0 radical (unpaired) electrons. The molecule has 7 heteroatoms. The topological polar surface area (TPSA) is 92.5 Å². The van der Waals surface area contributed by atoms with Gasteiger partial charge in [0.1, 0.15) is 5.56 Å². The van der Waals surface area contributed by atoms with Gasteiger partial charge >= 0.3 is 0 Å². The molecule has 19 heavy (non-hydrogen) atoms. The van der Waals surface area contributed by atoms with Gasteiger partial charge in [0, 0.05) is 18.7 Å². The van der Waals surface area contributed by atoms with Gasteiger partial charge in [0.2, 0.25) is 0 Å². The lowest BCUT2D eigenvalue weighted by molar-refractivity contribution is -0.385. The van der Waals surface area contributed by atoms with Gasteiger partial charge in [0.15, 0.2) is 0 Å². The van der Waals surface area contributed by atoms with Crippen LogP contribution in [0.15, 0.2) is 18.2 Å². The Morgan fingerprint density at radius 2 is 2.26 bits per heavy atom. The number of nitrogens with zero attached hydrogens (tertiary/aromatic N) is 1. The highest BCUT2D eigenvalue weighted by atomic mass is 35.5. The van der Waals surface area contributed by atoms with Gasteiger partial charge in [0.05, 0.1) is 9.95 Å². The first kappa shape index (κ1) is 15.4. The molecular formula is C12H15ClN2O4. The van der Waals surface area contributed by atoms with E-state index in [1.165, 1.54) is 18.2 Å². The second kappa shape index (κ2) is 7.06. The Morgan fingerprint density at radius 1 is 1.58 bits per heavy atom. The Bertz CT molecular complexity index is 479. The van der Waals surface area contributed by atoms with E-state index < -0.39 is 10.8 Å². The Labute approximate surface area is 115 Å². The zero-order valence-corrected chi connectivity index (χ0v) is 11.2. The molecule has 0 fully saturated rings. The van der Waals surface area contributed by atoms with Crippen molar-refractivity contribution in [3.8, 4) is 0 Å². The zero-order valence-electron chi connectivity index (χ0n) is 10.4. The van der Waals surface area contributed by atoms with Crippen molar-refractivity contribution in [2.24, 2.45) is 0 Å². The number of carbonyl (C=O) groups excluding carboxylic acids is 1. The smallest absolute Gasteiger partial charge is 0.283 e. The molecule has 0 spiro atoms. The number of aliphatic hydroxyl groups excluding tert-OH is 1. The first-order valence-corrected chi connectivity index (χ1v) is 6.23. The van der Waals surface area contributed by atoms with E-state index in [1.54, 1.807) is 0 Å². The summed E-state index contributed by atoms with van der Waals surface area (Å²) in [5.41, 5.74) is -0.477. The lowest BCUT2D eigenvalue weighted by Crippen LogP contribution is -2.35. The first-order chi connectivity index (χ1) is 9.01. The van der Waals surface area contributed by atoms with E-state index in [1.807, 2.05) is 6.92 Å². The molecule has 1 aromatic carbocycles. The van der Waals surface area contributed by atoms with E-state index in [-0.39, 0.29) is 28.9 Å². The van der Waals surface area contributed by atoms with Gasteiger partial charge in [-0.2, -0.15) is 0 Å². The molecule has 0 saturated heterocycles. The Morgan fingerprint density at radius 3 is 2.79 bits per heavy atom. The summed E-state index contributed by atoms with van der Waals surface area (Å²) in [6, 6.07) is 3.83. The summed E-state index contributed by atoms with van der Waals surface area (Å²) in [6.45, 7) is 1.78. The molecule has 0 aromatic heterocycles. The van der Waals surface area contributed by atoms with Crippen LogP contribution in [0, 0.1) is 10.1 Å². The molecule has 104 valence electrons. The maximum atomic E-state index is 12.1. The second-order valence-electron chi connectivity index (χ2n) is 3.98. The minimum Gasteiger partial charge on any atom is -0.396 e. The molecule has 0 bridgehead atoms. The van der Waals surface area contributed by atoms with Gasteiger partial charge in [-0.3, -0.25) is 14.9 Å². The second-order valence-corrected chi connectivity index (χ2v) is 4.39. The van der Waals surface area contributed by atoms with Crippen molar-refractivity contribution >= 4 is 23.2 Å². The maximum Gasteiger partial charge on any atom is 0.283 e. The summed E-state index contributed by atoms with van der Waals surface area (Å²) in [4.78, 5) is 22.3. The Balaban J connectivity index is 3.02. The van der Waals surface area contributed by atoms with E-state index in [9.17, 15) is 14.9 Å². The van der Waals surface area contributed by atoms with Gasteiger partial charge in [-0.1, -0.05) is 24.6 Å². The number of hydrogen-bond acceptors (Lipinski definition) is 4. The molecule has 2 N–H and O–H groups in total. The highest BCUT2D eigenvalue weighted by Gasteiger charge is 2.24. The van der Waals surface area contributed by atoms with Gasteiger partial charge in [0.25, 0.3) is 11.6 Å². The van der Waals surface area contributed by atoms with Crippen LogP contribution in [0.2, 0.25) is 5.02 Å². The molecule has 0 heterocycles. The lowest BCUT2D eigenvalue weighted by atomic mass is 10.1. The van der Waals surface area contributed by atoms with Crippen LogP contribution in [0.3, 0.4) is 0 Å². The first-order valence-electron chi connectivity index (χ1n) is 5.85. The van der Waals surface area contributed by atoms with Crippen LogP contribution in [-0.4, -0.2) is 28.6 Å². The third-order valence-electron chi connectivity index (χ3n) is 2.72. The van der Waals surface area contributed by atoms with Crippen LogP contribution in [0.25, 0.3) is 0 Å². The predicted octanol–water partition coefficient (Wildman–Crippen LogP) is 2.14. The summed E-state index contributed by atoms with van der Waals surface area (Å²) in [6.07, 6.45) is 1.01. The van der Waals surface area contributed by atoms with Crippen molar-refractivity contribution in [3.63, 3.8) is 0 Å². The summed E-state index contributed by atoms with van der Waals surface area (Å²) in [7, 11) is 0. The number of carbonyl (C=O) groups is 1. The molecule has 1 amide bonds. The summed E-state index contributed by atoms with van der Waals surface area (Å²) >= 11 is 5.86. The monoisotopic (exact) mass is 286 g/mol. The third-order valence-corrected chi connectivity index (χ3v) is 3.04. The Kier molecular flexibility index (Phi) is 5.72. The number of nitrogens with one attached hydrogen (secondary N) is 1. The average molecular weight is 287 g/mol. The fourth-order valence-corrected chi connectivity index (χ4v) is 1.94. The van der Waals surface area contributed by atoms with Crippen molar-refractivity contribution < 1.29 is 14.8 Å². The van der Waals surface area contributed by atoms with E-state index in [0.29, 0.717) is 12.8 Å². The molecule has 1 unspecified atom stereocenters. The van der Waals surface area contributed by atoms with Crippen LogP contribution in [-0.2, 0) is 0 Å². The summed E-state index contributed by atoms with van der Waals surface area (Å²) < 4.78 is 0. The van der Waals surface area contributed by atoms with Gasteiger partial charge in [-0.25, -0.2) is 0 Å². The SMILES string of the molecule is CCC(CCO)NC(=O)c1c(Cl)cccc1[N+](=O)[O-]. The third kappa shape index (κ3) is 3.90. The lowest BCUT2D eigenvalue weighted by Gasteiger charge is -2.16. The molecular weight excluding hydrogens is 272 g/mol. The number of nitro groups is 1. The van der Waals surface area contributed by atoms with E-state index in [0.717, 1.165) is 0 Å². The normalized spacial score (nSPS) is 11.9. The van der Waals surface area contributed by atoms with Crippen LogP contribution in [0.1, 0.15) is 30.1 Å². The minimum absolute atomic E-state index is 0.0329. The minimum atomic E-state index is -0.645. The van der Waals surface area contributed by atoms with Crippen LogP contribution in [0.4, 0.5) is 5.69 Å². The fraction of sp³-hybridized carbons (Fsp3) is 0.417. The van der Waals surface area contributed by atoms with Crippen LogP contribution < -0.4 is 5.32 Å². The molecule has 1 aromatic rings. The van der Waals surface area contributed by atoms with E-state index in [4.69, 9.17) is 16.7 Å². The summed E-state index contributed by atoms with van der Waals surface area (Å²) in [5.74, 6) is -0.599. The number of benzene rings is 1. The largest absolute Gasteiger partial charge is 0.396 e. The number of amides is 1. The number of aliphatic hydroxyl groups is 1. The van der Waals surface area contributed by atoms with Crippen molar-refractivity contribution in [2.75, 3.05) is 6.61 Å². The molecule has 0 aliphatic carbocycles. The average Bonchev–Trinajstić information content (AvgIpc) is 2.37. The van der Waals surface area contributed by atoms with Gasteiger partial charge in [-0.15, -0.1) is 0 Å². The quantitative estimate of drug-likeness (QED) is 0.619. The fourth-order valence-electron chi connectivity index (χ4n) is 1.68. The highest BCUT2D eigenvalue weighted by Crippen LogP contribution is 2.26. The van der Waals surface area contributed by atoms with Crippen molar-refractivity contribution in [2.45, 2.75) is 25.8 Å². The molecule has 6 nitrogen and oxygen atoms in total. The van der Waals surface area contributed by atoms with Crippen molar-refractivity contribution in [3.05, 3.63) is 38.9 Å². The number of halogens is 1. The number of rotatable bonds is 6. The molecule has 0 saturated carbocycles. The standard InChI is InChI=1S/C12H15ClN2O4/c1-2-8(6-7-16)14-12(17)11-9(13)4-3-5-10(11)15(18)19/h3-5,8,16H,2,6-7H2,1H3,(H,14,17). The summed E-state index contributed by atoms with van der Waals surface area (Å²) in [5, 5.41) is 22.4. The van der Waals surface area contributed by atoms with Crippen molar-refractivity contribution in [1.82, 2.24) is 5.32 Å². The van der Waals surface area contributed by atoms with Crippen LogP contribution in [0.5, 0.6) is 0 Å². The van der Waals surface area contributed by atoms with Crippen LogP contribution >= 0.6 is 11.6 Å². The number of hydrogen-bond donors (Lipinski definition) is 2. The molecule has 0 aliphatic heterocycles. The Hall–Kier alpha value is -1.66. The zero-order chi connectivity index (χ0) is 14.4. The molecule has 1 atom stereocenters. The predicted molar refractivity (Wildman–Crippen MR) is 71.4 cm³/mol. The molecule has 1 rings (SSSR count). The van der Waals surface area contributed by atoms with Gasteiger partial charge in [-0.05, 0) is 18.9 Å².